The van der Waals surface area contributed by atoms with E-state index in [2.05, 4.69) is 5.32 Å². The first-order valence-electron chi connectivity index (χ1n) is 7.97. The van der Waals surface area contributed by atoms with Crippen LogP contribution < -0.4 is 5.32 Å². The molecule has 0 bridgehead atoms. The van der Waals surface area contributed by atoms with Crippen LogP contribution in [-0.2, 0) is 16.4 Å². The van der Waals surface area contributed by atoms with E-state index in [1.54, 1.807) is 30.3 Å². The fraction of sp³-hybridized carbons (Fsp3) is 0.278. The summed E-state index contributed by atoms with van der Waals surface area (Å²) in [6.45, 7) is 1.30. The molecule has 5 nitrogen and oxygen atoms in total. The molecule has 0 radical (unpaired) electrons. The highest BCUT2D eigenvalue weighted by atomic mass is 32.2. The molecule has 1 saturated heterocycles. The van der Waals surface area contributed by atoms with E-state index in [9.17, 15) is 12.8 Å². The van der Waals surface area contributed by atoms with Crippen molar-refractivity contribution in [2.75, 3.05) is 19.6 Å². The Morgan fingerprint density at radius 3 is 2.64 bits per heavy atom. The van der Waals surface area contributed by atoms with E-state index in [1.807, 2.05) is 6.07 Å². The van der Waals surface area contributed by atoms with Gasteiger partial charge in [-0.1, -0.05) is 30.3 Å². The summed E-state index contributed by atoms with van der Waals surface area (Å²) in [7, 11) is -3.77. The molecule has 1 fully saturated rings. The number of halogens is 1. The number of piperazine rings is 1. The van der Waals surface area contributed by atoms with Gasteiger partial charge in [-0.15, -0.1) is 0 Å². The van der Waals surface area contributed by atoms with Crippen molar-refractivity contribution < 1.29 is 12.8 Å². The van der Waals surface area contributed by atoms with Crippen LogP contribution in [0.1, 0.15) is 17.2 Å². The van der Waals surface area contributed by atoms with Crippen molar-refractivity contribution in [3.05, 3.63) is 65.5 Å². The van der Waals surface area contributed by atoms with Crippen molar-refractivity contribution in [3.8, 4) is 6.07 Å². The maximum Gasteiger partial charge on any atom is 0.244 e. The minimum absolute atomic E-state index is 0.0305. The van der Waals surface area contributed by atoms with Gasteiger partial charge in [0.05, 0.1) is 23.4 Å². The molecule has 2 aromatic rings. The van der Waals surface area contributed by atoms with Crippen LogP contribution in [0.25, 0.3) is 0 Å². The summed E-state index contributed by atoms with van der Waals surface area (Å²) >= 11 is 0. The molecule has 0 aromatic heterocycles. The average Bonchev–Trinajstić information content (AvgIpc) is 2.63. The molecule has 1 N–H and O–H groups in total. The predicted molar refractivity (Wildman–Crippen MR) is 91.7 cm³/mol. The van der Waals surface area contributed by atoms with Crippen LogP contribution in [0.5, 0.6) is 0 Å². The van der Waals surface area contributed by atoms with Crippen molar-refractivity contribution in [2.24, 2.45) is 0 Å². The van der Waals surface area contributed by atoms with Crippen LogP contribution in [0.3, 0.4) is 0 Å². The van der Waals surface area contributed by atoms with E-state index in [-0.39, 0.29) is 17.1 Å². The van der Waals surface area contributed by atoms with E-state index in [0.29, 0.717) is 25.2 Å². The average molecular weight is 359 g/mol. The van der Waals surface area contributed by atoms with Crippen LogP contribution in [0.4, 0.5) is 4.39 Å². The third-order valence-corrected chi connectivity index (χ3v) is 6.29. The van der Waals surface area contributed by atoms with Crippen molar-refractivity contribution in [1.82, 2.24) is 9.62 Å². The maximum absolute atomic E-state index is 13.2. The van der Waals surface area contributed by atoms with Gasteiger partial charge in [-0.25, -0.2) is 12.8 Å². The summed E-state index contributed by atoms with van der Waals surface area (Å²) in [6.07, 6.45) is 0.0305. The first kappa shape index (κ1) is 17.5. The van der Waals surface area contributed by atoms with E-state index in [0.717, 1.165) is 5.56 Å². The van der Waals surface area contributed by atoms with Gasteiger partial charge in [-0.05, 0) is 29.3 Å². The van der Waals surface area contributed by atoms with Gasteiger partial charge < -0.3 is 5.32 Å². The van der Waals surface area contributed by atoms with Crippen LogP contribution >= 0.6 is 0 Å². The molecular formula is C18H18FN3O2S. The quantitative estimate of drug-likeness (QED) is 0.909. The lowest BCUT2D eigenvalue weighted by Gasteiger charge is -2.35. The summed E-state index contributed by atoms with van der Waals surface area (Å²) in [5, 5.41) is 12.2. The fourth-order valence-electron chi connectivity index (χ4n) is 3.06. The number of nitrogens with zero attached hydrogens (tertiary/aromatic N) is 2. The normalized spacial score (nSPS) is 18.6. The maximum atomic E-state index is 13.2. The van der Waals surface area contributed by atoms with Crippen molar-refractivity contribution in [3.63, 3.8) is 0 Å². The molecule has 1 atom stereocenters. The summed E-state index contributed by atoms with van der Waals surface area (Å²) < 4.78 is 41.1. The summed E-state index contributed by atoms with van der Waals surface area (Å²) in [4.78, 5) is 0.158. The highest BCUT2D eigenvalue weighted by Crippen LogP contribution is 2.30. The highest BCUT2D eigenvalue weighted by Gasteiger charge is 2.35. The molecular weight excluding hydrogens is 341 g/mol. The molecule has 7 heteroatoms. The lowest BCUT2D eigenvalue weighted by molar-refractivity contribution is 0.271. The molecule has 130 valence electrons. The summed E-state index contributed by atoms with van der Waals surface area (Å²) in [6, 6.07) is 14.0. The lowest BCUT2D eigenvalue weighted by Crippen LogP contribution is -2.48. The van der Waals surface area contributed by atoms with Gasteiger partial charge in [0.1, 0.15) is 5.82 Å². The standard InChI is InChI=1S/C18H18FN3O2S/c19-16-7-5-14(6-8-16)17-13-21-11-12-22(17)25(23,24)18-4-2-1-3-15(18)9-10-20/h1-8,17,21H,9,11-13H2. The Morgan fingerprint density at radius 2 is 1.92 bits per heavy atom. The molecule has 1 aliphatic rings. The van der Waals surface area contributed by atoms with Crippen molar-refractivity contribution in [2.45, 2.75) is 17.4 Å². The van der Waals surface area contributed by atoms with E-state index in [1.165, 1.54) is 22.5 Å². The van der Waals surface area contributed by atoms with Gasteiger partial charge in [0.2, 0.25) is 10.0 Å². The zero-order valence-electron chi connectivity index (χ0n) is 13.5. The Labute approximate surface area is 146 Å². The number of nitrogens with one attached hydrogen (secondary N) is 1. The Bertz CT molecular complexity index is 891. The molecule has 2 aromatic carbocycles. The van der Waals surface area contributed by atoms with Crippen LogP contribution in [0.2, 0.25) is 0 Å². The molecule has 1 unspecified atom stereocenters. The largest absolute Gasteiger partial charge is 0.313 e. The molecule has 0 amide bonds. The molecule has 0 spiro atoms. The van der Waals surface area contributed by atoms with E-state index in [4.69, 9.17) is 5.26 Å². The van der Waals surface area contributed by atoms with Crippen molar-refractivity contribution in [1.29, 1.82) is 5.26 Å². The topological polar surface area (TPSA) is 73.2 Å². The molecule has 1 heterocycles. The number of hydrogen-bond donors (Lipinski definition) is 1. The number of hydrogen-bond acceptors (Lipinski definition) is 4. The third-order valence-electron chi connectivity index (χ3n) is 4.28. The minimum atomic E-state index is -3.77. The van der Waals surface area contributed by atoms with Crippen LogP contribution in [0, 0.1) is 17.1 Å². The van der Waals surface area contributed by atoms with Gasteiger partial charge in [-0.3, -0.25) is 0 Å². The van der Waals surface area contributed by atoms with E-state index >= 15 is 0 Å². The van der Waals surface area contributed by atoms with Crippen molar-refractivity contribution >= 4 is 10.0 Å². The first-order chi connectivity index (χ1) is 12.0. The smallest absolute Gasteiger partial charge is 0.244 e. The second-order valence-electron chi connectivity index (χ2n) is 5.83. The second-order valence-corrected chi connectivity index (χ2v) is 7.69. The Morgan fingerprint density at radius 1 is 1.20 bits per heavy atom. The Balaban J connectivity index is 2.02. The van der Waals surface area contributed by atoms with Crippen LogP contribution in [0.15, 0.2) is 53.4 Å². The molecule has 25 heavy (non-hydrogen) atoms. The van der Waals surface area contributed by atoms with Crippen LogP contribution in [-0.4, -0.2) is 32.4 Å². The SMILES string of the molecule is N#CCc1ccccc1S(=O)(=O)N1CCNCC1c1ccc(F)cc1. The number of sulfonamides is 1. The second kappa shape index (κ2) is 7.31. The lowest BCUT2D eigenvalue weighted by atomic mass is 10.1. The van der Waals surface area contributed by atoms with Gasteiger partial charge in [0, 0.05) is 19.6 Å². The zero-order chi connectivity index (χ0) is 17.9. The molecule has 1 aliphatic heterocycles. The first-order valence-corrected chi connectivity index (χ1v) is 9.41. The Hall–Kier alpha value is -2.27. The Kier molecular flexibility index (Phi) is 5.13. The molecule has 0 saturated carbocycles. The van der Waals surface area contributed by atoms with Gasteiger partial charge in [0.25, 0.3) is 0 Å². The number of nitriles is 1. The van der Waals surface area contributed by atoms with Gasteiger partial charge in [0.15, 0.2) is 0 Å². The third kappa shape index (κ3) is 3.56. The van der Waals surface area contributed by atoms with E-state index < -0.39 is 16.1 Å². The van der Waals surface area contributed by atoms with Gasteiger partial charge >= 0.3 is 0 Å². The minimum Gasteiger partial charge on any atom is -0.313 e. The highest BCUT2D eigenvalue weighted by molar-refractivity contribution is 7.89. The zero-order valence-corrected chi connectivity index (χ0v) is 14.3. The number of benzene rings is 2. The molecule has 3 rings (SSSR count). The monoisotopic (exact) mass is 359 g/mol. The summed E-state index contributed by atoms with van der Waals surface area (Å²) in [5.41, 5.74) is 1.22. The number of rotatable bonds is 4. The summed E-state index contributed by atoms with van der Waals surface area (Å²) in [5.74, 6) is -0.360. The molecule has 0 aliphatic carbocycles. The predicted octanol–water partition coefficient (Wildman–Crippen LogP) is 2.23. The fourth-order valence-corrected chi connectivity index (χ4v) is 4.89. The van der Waals surface area contributed by atoms with Gasteiger partial charge in [-0.2, -0.15) is 9.57 Å².